The molecule has 0 saturated heterocycles. The van der Waals surface area contributed by atoms with Gasteiger partial charge in [0.05, 0.1) is 6.61 Å². The van der Waals surface area contributed by atoms with Crippen LogP contribution >= 0.6 is 0 Å². The van der Waals surface area contributed by atoms with E-state index in [9.17, 15) is 9.59 Å². The number of hydrogen-bond donors (Lipinski definition) is 1. The lowest BCUT2D eigenvalue weighted by atomic mass is 10.4. The quantitative estimate of drug-likeness (QED) is 0.505. The maximum absolute atomic E-state index is 11.3. The Morgan fingerprint density at radius 1 is 1.56 bits per heavy atom. The SMILES string of the molecule is C=CCOC(C)C(=O)OCC(=O)NC1CC1. The van der Waals surface area contributed by atoms with Crippen molar-refractivity contribution in [2.75, 3.05) is 13.2 Å². The first-order valence-electron chi connectivity index (χ1n) is 5.32. The molecule has 5 nitrogen and oxygen atoms in total. The lowest BCUT2D eigenvalue weighted by molar-refractivity contribution is -0.158. The second-order valence-corrected chi connectivity index (χ2v) is 3.71. The lowest BCUT2D eigenvalue weighted by Gasteiger charge is -2.11. The van der Waals surface area contributed by atoms with Gasteiger partial charge in [-0.1, -0.05) is 6.08 Å². The van der Waals surface area contributed by atoms with Crippen LogP contribution in [0.5, 0.6) is 0 Å². The summed E-state index contributed by atoms with van der Waals surface area (Å²) in [4.78, 5) is 22.5. The largest absolute Gasteiger partial charge is 0.454 e. The van der Waals surface area contributed by atoms with Crippen molar-refractivity contribution in [3.05, 3.63) is 12.7 Å². The third-order valence-corrected chi connectivity index (χ3v) is 2.08. The van der Waals surface area contributed by atoms with Crippen LogP contribution < -0.4 is 5.32 Å². The molecular formula is C11H17NO4. The van der Waals surface area contributed by atoms with Gasteiger partial charge in [-0.2, -0.15) is 0 Å². The highest BCUT2D eigenvalue weighted by Crippen LogP contribution is 2.18. The van der Waals surface area contributed by atoms with Gasteiger partial charge in [0.15, 0.2) is 12.7 Å². The number of carbonyl (C=O) groups excluding carboxylic acids is 2. The van der Waals surface area contributed by atoms with E-state index in [0.29, 0.717) is 0 Å². The predicted molar refractivity (Wildman–Crippen MR) is 57.7 cm³/mol. The van der Waals surface area contributed by atoms with Gasteiger partial charge in [-0.15, -0.1) is 6.58 Å². The van der Waals surface area contributed by atoms with Gasteiger partial charge < -0.3 is 14.8 Å². The van der Waals surface area contributed by atoms with Gasteiger partial charge in [-0.05, 0) is 19.8 Å². The Balaban J connectivity index is 2.12. The Kier molecular flexibility index (Phi) is 4.98. The Morgan fingerprint density at radius 3 is 2.81 bits per heavy atom. The Hall–Kier alpha value is -1.36. The van der Waals surface area contributed by atoms with E-state index < -0.39 is 12.1 Å². The Bertz CT molecular complexity index is 273. The topological polar surface area (TPSA) is 64.6 Å². The normalized spacial score (nSPS) is 16.3. The van der Waals surface area contributed by atoms with Crippen LogP contribution in [0.3, 0.4) is 0 Å². The molecule has 1 fully saturated rings. The molecule has 16 heavy (non-hydrogen) atoms. The van der Waals surface area contributed by atoms with E-state index >= 15 is 0 Å². The number of hydrogen-bond acceptors (Lipinski definition) is 4. The fourth-order valence-electron chi connectivity index (χ4n) is 1.03. The monoisotopic (exact) mass is 227 g/mol. The maximum Gasteiger partial charge on any atom is 0.335 e. The van der Waals surface area contributed by atoms with Gasteiger partial charge in [-0.3, -0.25) is 4.79 Å². The van der Waals surface area contributed by atoms with Crippen molar-refractivity contribution in [3.63, 3.8) is 0 Å². The molecule has 0 spiro atoms. The molecule has 90 valence electrons. The van der Waals surface area contributed by atoms with Crippen molar-refractivity contribution < 1.29 is 19.1 Å². The average Bonchev–Trinajstić information content (AvgIpc) is 3.06. The van der Waals surface area contributed by atoms with Gasteiger partial charge in [0, 0.05) is 6.04 Å². The molecule has 0 heterocycles. The minimum absolute atomic E-state index is 0.239. The number of carbonyl (C=O) groups is 2. The molecule has 0 radical (unpaired) electrons. The number of esters is 1. The molecule has 0 aromatic rings. The third-order valence-electron chi connectivity index (χ3n) is 2.08. The Labute approximate surface area is 94.8 Å². The lowest BCUT2D eigenvalue weighted by Crippen LogP contribution is -2.33. The van der Waals surface area contributed by atoms with Crippen LogP contribution in [0.25, 0.3) is 0 Å². The summed E-state index contributed by atoms with van der Waals surface area (Å²) in [5, 5.41) is 2.72. The molecule has 1 saturated carbocycles. The smallest absolute Gasteiger partial charge is 0.335 e. The van der Waals surface area contributed by atoms with Crippen LogP contribution in [0, 0.1) is 0 Å². The van der Waals surface area contributed by atoms with Crippen LogP contribution in [-0.2, 0) is 19.1 Å². The zero-order valence-electron chi connectivity index (χ0n) is 9.40. The second kappa shape index (κ2) is 6.27. The van der Waals surface area contributed by atoms with Crippen molar-refractivity contribution in [2.24, 2.45) is 0 Å². The van der Waals surface area contributed by atoms with Gasteiger partial charge in [0.2, 0.25) is 0 Å². The van der Waals surface area contributed by atoms with E-state index in [2.05, 4.69) is 11.9 Å². The van der Waals surface area contributed by atoms with E-state index in [0.717, 1.165) is 12.8 Å². The summed E-state index contributed by atoms with van der Waals surface area (Å²) in [5.41, 5.74) is 0. The molecule has 1 aliphatic carbocycles. The highest BCUT2D eigenvalue weighted by molar-refractivity contribution is 5.82. The van der Waals surface area contributed by atoms with Crippen molar-refractivity contribution >= 4 is 11.9 Å². The molecule has 0 bridgehead atoms. The van der Waals surface area contributed by atoms with Gasteiger partial charge in [-0.25, -0.2) is 4.79 Å². The number of rotatable bonds is 7. The molecule has 1 aliphatic rings. The van der Waals surface area contributed by atoms with E-state index in [-0.39, 0.29) is 25.2 Å². The first-order chi connectivity index (χ1) is 7.63. The summed E-state index contributed by atoms with van der Waals surface area (Å²) in [7, 11) is 0. The summed E-state index contributed by atoms with van der Waals surface area (Å²) >= 11 is 0. The van der Waals surface area contributed by atoms with Crippen molar-refractivity contribution in [2.45, 2.75) is 31.9 Å². The van der Waals surface area contributed by atoms with Crippen LogP contribution in [0.4, 0.5) is 0 Å². The van der Waals surface area contributed by atoms with E-state index in [1.165, 1.54) is 0 Å². The first-order valence-corrected chi connectivity index (χ1v) is 5.32. The minimum atomic E-state index is -0.674. The number of amides is 1. The second-order valence-electron chi connectivity index (χ2n) is 3.71. The average molecular weight is 227 g/mol. The number of ether oxygens (including phenoxy) is 2. The van der Waals surface area contributed by atoms with Crippen molar-refractivity contribution in [1.29, 1.82) is 0 Å². The molecular weight excluding hydrogens is 210 g/mol. The molecule has 1 atom stereocenters. The van der Waals surface area contributed by atoms with E-state index in [1.807, 2.05) is 0 Å². The fourth-order valence-corrected chi connectivity index (χ4v) is 1.03. The molecule has 1 amide bonds. The summed E-state index contributed by atoms with van der Waals surface area (Å²) < 4.78 is 9.84. The van der Waals surface area contributed by atoms with Gasteiger partial charge in [0.25, 0.3) is 5.91 Å². The van der Waals surface area contributed by atoms with Gasteiger partial charge in [0.1, 0.15) is 0 Å². The van der Waals surface area contributed by atoms with Gasteiger partial charge >= 0.3 is 5.97 Å². The minimum Gasteiger partial charge on any atom is -0.454 e. The molecule has 0 aromatic carbocycles. The van der Waals surface area contributed by atoms with Crippen molar-refractivity contribution in [1.82, 2.24) is 5.32 Å². The molecule has 1 N–H and O–H groups in total. The van der Waals surface area contributed by atoms with Crippen LogP contribution in [0.15, 0.2) is 12.7 Å². The third kappa shape index (κ3) is 4.93. The molecule has 1 rings (SSSR count). The van der Waals surface area contributed by atoms with Crippen LogP contribution in [0.1, 0.15) is 19.8 Å². The highest BCUT2D eigenvalue weighted by Gasteiger charge is 2.24. The van der Waals surface area contributed by atoms with Crippen molar-refractivity contribution in [3.8, 4) is 0 Å². The summed E-state index contributed by atoms with van der Waals surface area (Å²) in [6, 6.07) is 0.278. The first kappa shape index (κ1) is 12.7. The van der Waals surface area contributed by atoms with Crippen LogP contribution in [0.2, 0.25) is 0 Å². The van der Waals surface area contributed by atoms with Crippen LogP contribution in [-0.4, -0.2) is 37.2 Å². The highest BCUT2D eigenvalue weighted by atomic mass is 16.6. The Morgan fingerprint density at radius 2 is 2.25 bits per heavy atom. The van der Waals surface area contributed by atoms with E-state index in [4.69, 9.17) is 9.47 Å². The maximum atomic E-state index is 11.3. The zero-order valence-corrected chi connectivity index (χ0v) is 9.40. The predicted octanol–water partition coefficient (Wildman–Crippen LogP) is 0.399. The summed E-state index contributed by atoms with van der Waals surface area (Å²) in [5.74, 6) is -0.792. The summed E-state index contributed by atoms with van der Waals surface area (Å²) in [6.45, 7) is 5.08. The fraction of sp³-hybridized carbons (Fsp3) is 0.636. The number of nitrogens with one attached hydrogen (secondary N) is 1. The summed E-state index contributed by atoms with van der Waals surface area (Å²) in [6.07, 6.45) is 2.90. The standard InChI is InChI=1S/C11H17NO4/c1-3-6-15-8(2)11(14)16-7-10(13)12-9-4-5-9/h3,8-9H,1,4-7H2,2H3,(H,12,13). The molecule has 0 aromatic heterocycles. The molecule has 0 aliphatic heterocycles. The zero-order chi connectivity index (χ0) is 12.0. The molecule has 5 heteroatoms. The molecule has 1 unspecified atom stereocenters. The van der Waals surface area contributed by atoms with E-state index in [1.54, 1.807) is 13.0 Å².